The van der Waals surface area contributed by atoms with Crippen molar-refractivity contribution in [2.45, 2.75) is 63.3 Å². The lowest BCUT2D eigenvalue weighted by molar-refractivity contribution is -0.138. The molecule has 0 aliphatic carbocycles. The summed E-state index contributed by atoms with van der Waals surface area (Å²) in [6, 6.07) is 113. The highest BCUT2D eigenvalue weighted by Crippen LogP contribution is 2.41. The summed E-state index contributed by atoms with van der Waals surface area (Å²) in [5.74, 6) is -3.35. The van der Waals surface area contributed by atoms with Crippen molar-refractivity contribution in [2.75, 3.05) is 0 Å². The first kappa shape index (κ1) is 74.4. The van der Waals surface area contributed by atoms with Gasteiger partial charge in [-0.25, -0.2) is 4.79 Å². The highest BCUT2D eigenvalue weighted by Gasteiger charge is 2.25. The molecule has 0 aliphatic heterocycles. The fourth-order valence-electron chi connectivity index (χ4n) is 14.7. The Morgan fingerprint density at radius 2 is 0.755 bits per heavy atom. The van der Waals surface area contributed by atoms with Gasteiger partial charge < -0.3 is 38.7 Å². The van der Waals surface area contributed by atoms with E-state index in [2.05, 4.69) is 202 Å². The van der Waals surface area contributed by atoms with Crippen LogP contribution in [0.5, 0.6) is 0 Å². The van der Waals surface area contributed by atoms with Gasteiger partial charge in [0.1, 0.15) is 0 Å². The Balaban J connectivity index is 0.000000129. The summed E-state index contributed by atoms with van der Waals surface area (Å²) in [7, 11) is 0. The van der Waals surface area contributed by atoms with Gasteiger partial charge >= 0.3 is 23.9 Å². The molecular weight excluding hydrogens is 1360 g/mol. The zero-order chi connectivity index (χ0) is 76.1. The molecule has 4 aromatic heterocycles. The monoisotopic (exact) mass is 1440 g/mol. The number of hydrogen-bond donors (Lipinski definition) is 4. The number of para-hydroxylation sites is 6. The maximum absolute atomic E-state index is 11.3. The molecule has 3 atom stereocenters. The standard InChI is InChI=1S/2C25H23NO2.2C24H19NO2/c1-18-12-13-22-23(17-26(24(22)16-18)20-10-6-3-7-11-20)21(14-15-25(27)28)19-8-4-2-5-9-19;27-25(28)16-15-21(20-11-5-2-6-12-20)23-18-26(17-19-9-3-1-4-10-19)24-14-8-7-13-22(23)24;2*26-24(27)16-15-20(18-9-3-1-4-10-18)22-17-25(19-11-5-2-6-12-19)23-14-8-7-13-21(22)23/h2-13,16-17,21H,14-15H2,1H3,(H,27,28);1-14,18,21H,15-17H2,(H,27,28);1-15,17H,16H2,(H,26,27);1-17,20H,(H,26,27)/b;;20-15+;16-15-. The van der Waals surface area contributed by atoms with Crippen molar-refractivity contribution < 1.29 is 39.6 Å². The van der Waals surface area contributed by atoms with E-state index in [4.69, 9.17) is 5.11 Å². The first-order valence-electron chi connectivity index (χ1n) is 36.9. The Hall–Kier alpha value is -13.8. The van der Waals surface area contributed by atoms with E-state index in [-0.39, 0.29) is 37.0 Å². The molecule has 0 radical (unpaired) electrons. The number of hydrogen-bond acceptors (Lipinski definition) is 4. The van der Waals surface area contributed by atoms with Gasteiger partial charge in [0.15, 0.2) is 0 Å². The van der Waals surface area contributed by atoms with E-state index in [1.807, 2.05) is 182 Å². The van der Waals surface area contributed by atoms with E-state index in [0.29, 0.717) is 12.8 Å². The van der Waals surface area contributed by atoms with Crippen molar-refractivity contribution in [2.24, 2.45) is 0 Å². The van der Waals surface area contributed by atoms with Gasteiger partial charge in [-0.05, 0) is 136 Å². The molecule has 0 spiro atoms. The normalized spacial score (nSPS) is 12.1. The average molecular weight is 1450 g/mol. The smallest absolute Gasteiger partial charge is 0.328 e. The fourth-order valence-corrected chi connectivity index (χ4v) is 14.7. The molecule has 12 nitrogen and oxygen atoms in total. The second-order valence-corrected chi connectivity index (χ2v) is 27.1. The van der Waals surface area contributed by atoms with Crippen LogP contribution in [0.2, 0.25) is 0 Å². The third-order valence-electron chi connectivity index (χ3n) is 19.8. The van der Waals surface area contributed by atoms with Crippen LogP contribution in [0.3, 0.4) is 0 Å². The Morgan fingerprint density at radius 3 is 1.25 bits per heavy atom. The number of fused-ring (bicyclic) bond motifs is 4. The number of aliphatic carboxylic acids is 4. The van der Waals surface area contributed by atoms with Crippen LogP contribution in [0, 0.1) is 6.92 Å². The van der Waals surface area contributed by atoms with Gasteiger partial charge in [0.2, 0.25) is 0 Å². The second kappa shape index (κ2) is 36.0. The summed E-state index contributed by atoms with van der Waals surface area (Å²) < 4.78 is 8.81. The molecule has 0 bridgehead atoms. The maximum Gasteiger partial charge on any atom is 0.328 e. The predicted molar refractivity (Wildman–Crippen MR) is 443 cm³/mol. The summed E-state index contributed by atoms with van der Waals surface area (Å²) in [6.45, 7) is 2.89. The van der Waals surface area contributed by atoms with Crippen LogP contribution in [0.4, 0.5) is 0 Å². The zero-order valence-corrected chi connectivity index (χ0v) is 61.0. The van der Waals surface area contributed by atoms with Gasteiger partial charge in [0.05, 0.1) is 23.0 Å². The largest absolute Gasteiger partial charge is 0.481 e. The van der Waals surface area contributed by atoms with E-state index in [0.717, 1.165) is 89.9 Å². The predicted octanol–water partition coefficient (Wildman–Crippen LogP) is 22.6. The number of nitrogens with zero attached hydrogens (tertiary/aromatic N) is 4. The molecule has 4 N–H and O–H groups in total. The van der Waals surface area contributed by atoms with Gasteiger partial charge in [0.25, 0.3) is 0 Å². The number of rotatable bonds is 23. The zero-order valence-electron chi connectivity index (χ0n) is 61.0. The lowest BCUT2D eigenvalue weighted by Crippen LogP contribution is -2.05. The fraction of sp³-hybridized carbons (Fsp3) is 0.102. The average Bonchev–Trinajstić information content (AvgIpc) is 1.64. The Kier molecular flexibility index (Phi) is 24.3. The third kappa shape index (κ3) is 18.2. The lowest BCUT2D eigenvalue weighted by atomic mass is 9.87. The van der Waals surface area contributed by atoms with Gasteiger partial charge in [-0.3, -0.25) is 14.4 Å². The lowest BCUT2D eigenvalue weighted by Gasteiger charge is -2.16. The van der Waals surface area contributed by atoms with Gasteiger partial charge in [-0.1, -0.05) is 285 Å². The van der Waals surface area contributed by atoms with E-state index in [1.165, 1.54) is 44.6 Å². The Labute approximate surface area is 639 Å². The first-order valence-corrected chi connectivity index (χ1v) is 36.9. The first-order chi connectivity index (χ1) is 53.8. The van der Waals surface area contributed by atoms with E-state index < -0.39 is 23.9 Å². The van der Waals surface area contributed by atoms with Gasteiger partial charge in [0, 0.05) is 118 Å². The van der Waals surface area contributed by atoms with Crippen LogP contribution < -0.4 is 0 Å². The van der Waals surface area contributed by atoms with E-state index in [9.17, 15) is 34.5 Å². The topological polar surface area (TPSA) is 169 Å². The number of carboxylic acids is 4. The van der Waals surface area contributed by atoms with Crippen LogP contribution in [0.25, 0.3) is 66.2 Å². The van der Waals surface area contributed by atoms with E-state index >= 15 is 0 Å². The van der Waals surface area contributed by atoms with Crippen molar-refractivity contribution in [3.8, 4) is 17.1 Å². The summed E-state index contributed by atoms with van der Waals surface area (Å²) >= 11 is 0. The molecule has 16 rings (SSSR count). The molecule has 4 heterocycles. The number of carbonyl (C=O) groups is 4. The summed E-state index contributed by atoms with van der Waals surface area (Å²) in [5.41, 5.74) is 20.0. The van der Waals surface area contributed by atoms with Crippen molar-refractivity contribution >= 4 is 73.1 Å². The number of aromatic nitrogens is 4. The molecule has 0 aliphatic rings. The van der Waals surface area contributed by atoms with Crippen LogP contribution in [-0.4, -0.2) is 62.6 Å². The van der Waals surface area contributed by atoms with Crippen LogP contribution in [0.15, 0.2) is 377 Å². The minimum atomic E-state index is -0.942. The van der Waals surface area contributed by atoms with Gasteiger partial charge in [-0.2, -0.15) is 0 Å². The molecule has 12 aromatic carbocycles. The van der Waals surface area contributed by atoms with Gasteiger partial charge in [-0.15, -0.1) is 0 Å². The molecule has 0 amide bonds. The molecule has 12 heteroatoms. The molecule has 3 unspecified atom stereocenters. The van der Waals surface area contributed by atoms with Crippen molar-refractivity contribution in [3.63, 3.8) is 0 Å². The molecular formula is C98H84N4O8. The van der Waals surface area contributed by atoms with E-state index in [1.54, 1.807) is 12.2 Å². The minimum Gasteiger partial charge on any atom is -0.481 e. The number of allylic oxidation sites excluding steroid dienone is 1. The second-order valence-electron chi connectivity index (χ2n) is 27.1. The SMILES string of the molecule is Cc1ccc2c(C(CCC(=O)O)c3ccccc3)cn(-c3ccccc3)c2c1.O=C(O)/C=C\C(c1ccccc1)c1cn(-c2ccccc2)c2ccccc12.O=C(O)C/C=C(\c1ccccc1)c1cn(-c2ccccc2)c2ccccc12.O=C(O)CCC(c1ccccc1)c1cn(Cc2ccccc2)c2ccccc12. The summed E-state index contributed by atoms with van der Waals surface area (Å²) in [4.78, 5) is 44.9. The quantitative estimate of drug-likeness (QED) is 0.0459. The van der Waals surface area contributed by atoms with Crippen molar-refractivity contribution in [1.82, 2.24) is 18.3 Å². The molecule has 0 saturated heterocycles. The summed E-state index contributed by atoms with van der Waals surface area (Å²) in [5, 5.41) is 41.5. The van der Waals surface area contributed by atoms with Crippen molar-refractivity contribution in [3.05, 3.63) is 432 Å². The Morgan fingerprint density at radius 1 is 0.364 bits per heavy atom. The van der Waals surface area contributed by atoms with Crippen molar-refractivity contribution in [1.29, 1.82) is 0 Å². The molecule has 0 fully saturated rings. The third-order valence-corrected chi connectivity index (χ3v) is 19.8. The molecule has 110 heavy (non-hydrogen) atoms. The number of benzene rings is 12. The van der Waals surface area contributed by atoms with Crippen LogP contribution >= 0.6 is 0 Å². The summed E-state index contributed by atoms with van der Waals surface area (Å²) in [6.07, 6.45) is 14.8. The van der Waals surface area contributed by atoms with Crippen LogP contribution in [0.1, 0.15) is 105 Å². The Bertz CT molecular complexity index is 5810. The van der Waals surface area contributed by atoms with Crippen LogP contribution in [-0.2, 0) is 25.7 Å². The highest BCUT2D eigenvalue weighted by atomic mass is 16.4. The number of carboxylic acid groups (broad SMARTS) is 4. The molecule has 16 aromatic rings. The maximum atomic E-state index is 11.3. The molecule has 544 valence electrons. The minimum absolute atomic E-state index is 0.0188. The highest BCUT2D eigenvalue weighted by molar-refractivity contribution is 5.99. The number of aryl methyl sites for hydroxylation is 1. The molecule has 0 saturated carbocycles.